The number of ether oxygens (including phenoxy) is 1. The van der Waals surface area contributed by atoms with E-state index in [1.54, 1.807) is 24.3 Å². The van der Waals surface area contributed by atoms with Crippen LogP contribution in [0.1, 0.15) is 24.3 Å². The first-order chi connectivity index (χ1) is 20.2. The van der Waals surface area contributed by atoms with Crippen LogP contribution < -0.4 is 9.80 Å². The van der Waals surface area contributed by atoms with E-state index in [1.165, 1.54) is 17.0 Å². The van der Waals surface area contributed by atoms with E-state index in [4.69, 9.17) is 16.3 Å². The van der Waals surface area contributed by atoms with E-state index in [9.17, 15) is 24.3 Å². The smallest absolute Gasteiger partial charge is 0.238 e. The average molecular weight is 650 g/mol. The Morgan fingerprint density at radius 2 is 1.64 bits per heavy atom. The van der Waals surface area contributed by atoms with E-state index in [1.807, 2.05) is 18.2 Å². The molecule has 3 aliphatic carbocycles. The molecule has 0 spiro atoms. The van der Waals surface area contributed by atoms with Gasteiger partial charge in [0.1, 0.15) is 5.75 Å². The SMILES string of the molecule is O=C1C=C(Br)C(=O)C2=C1[C@@H](c1cc(Cl)ccc1O)C1=CC[C@@H]3C(=O)N(c4ccc(N5CCOCC5)cc4)C(=O)[C@@H]3[C@@H]1C2. The van der Waals surface area contributed by atoms with Crippen LogP contribution in [0.4, 0.5) is 11.4 Å². The zero-order valence-corrected chi connectivity index (χ0v) is 24.7. The summed E-state index contributed by atoms with van der Waals surface area (Å²) >= 11 is 9.55. The van der Waals surface area contributed by atoms with Crippen molar-refractivity contribution in [3.63, 3.8) is 0 Å². The molecule has 7 rings (SSSR count). The van der Waals surface area contributed by atoms with Crippen LogP contribution in [0.2, 0.25) is 5.02 Å². The van der Waals surface area contributed by atoms with Gasteiger partial charge in [-0.2, -0.15) is 0 Å². The Bertz CT molecular complexity index is 1660. The van der Waals surface area contributed by atoms with Crippen molar-refractivity contribution in [3.8, 4) is 5.75 Å². The number of carbonyl (C=O) groups is 4. The van der Waals surface area contributed by atoms with Gasteiger partial charge < -0.3 is 14.7 Å². The van der Waals surface area contributed by atoms with Crippen LogP contribution in [0.3, 0.4) is 0 Å². The van der Waals surface area contributed by atoms with Crippen molar-refractivity contribution in [1.82, 2.24) is 0 Å². The highest BCUT2D eigenvalue weighted by molar-refractivity contribution is 9.12. The molecule has 10 heteroatoms. The van der Waals surface area contributed by atoms with Gasteiger partial charge in [-0.25, -0.2) is 0 Å². The number of carbonyl (C=O) groups excluding carboxylic acids is 4. The van der Waals surface area contributed by atoms with E-state index in [0.717, 1.165) is 24.4 Å². The molecule has 0 aromatic heterocycles. The third-order valence-corrected chi connectivity index (χ3v) is 9.94. The minimum Gasteiger partial charge on any atom is -0.508 e. The molecular weight excluding hydrogens is 624 g/mol. The standard InChI is InChI=1S/C32H26BrClN2O6/c33-24-15-26(38)29-23(30(24)39)14-21-19(27(29)22-13-16(34)1-8-25(22)37)6-7-20-28(21)32(41)36(31(20)40)18-4-2-17(3-5-18)35-9-11-42-12-10-35/h1-6,8,13,15,20-21,27-28,37H,7,9-12,14H2/t20-,21+,27+,28-/m0/s1. The monoisotopic (exact) mass is 648 g/mol. The summed E-state index contributed by atoms with van der Waals surface area (Å²) < 4.78 is 5.59. The molecule has 2 aliphatic heterocycles. The molecule has 1 N–H and O–H groups in total. The molecule has 2 aromatic rings. The van der Waals surface area contributed by atoms with Crippen molar-refractivity contribution in [2.24, 2.45) is 17.8 Å². The molecule has 2 saturated heterocycles. The lowest BCUT2D eigenvalue weighted by Gasteiger charge is -2.42. The Labute approximate surface area is 255 Å². The summed E-state index contributed by atoms with van der Waals surface area (Å²) in [6, 6.07) is 12.0. The highest BCUT2D eigenvalue weighted by Gasteiger charge is 2.57. The Balaban J connectivity index is 1.28. The third kappa shape index (κ3) is 4.20. The van der Waals surface area contributed by atoms with Crippen molar-refractivity contribution in [3.05, 3.63) is 86.4 Å². The van der Waals surface area contributed by atoms with Crippen molar-refractivity contribution in [2.45, 2.75) is 18.8 Å². The number of aromatic hydroxyl groups is 1. The third-order valence-electron chi connectivity index (χ3n) is 9.12. The Kier molecular flexibility index (Phi) is 6.72. The number of Topliss-reactive ketones (excluding diaryl/α,β-unsaturated/α-hetero) is 1. The van der Waals surface area contributed by atoms with E-state index < -0.39 is 23.7 Å². The lowest BCUT2D eigenvalue weighted by molar-refractivity contribution is -0.123. The van der Waals surface area contributed by atoms with Crippen LogP contribution in [0, 0.1) is 17.8 Å². The van der Waals surface area contributed by atoms with Gasteiger partial charge in [0.05, 0.1) is 35.2 Å². The Hall–Kier alpha value is -3.53. The molecule has 5 aliphatic rings. The Morgan fingerprint density at radius 1 is 0.929 bits per heavy atom. The van der Waals surface area contributed by atoms with Crippen LogP contribution in [0.25, 0.3) is 0 Å². The number of phenols is 1. The molecule has 2 fully saturated rings. The summed E-state index contributed by atoms with van der Waals surface area (Å²) in [5, 5.41) is 11.3. The molecule has 0 saturated carbocycles. The number of ketones is 2. The largest absolute Gasteiger partial charge is 0.508 e. The summed E-state index contributed by atoms with van der Waals surface area (Å²) in [4.78, 5) is 58.1. The number of imide groups is 1. The van der Waals surface area contributed by atoms with Crippen LogP contribution in [-0.2, 0) is 23.9 Å². The fourth-order valence-corrected chi connectivity index (χ4v) is 7.83. The molecule has 2 heterocycles. The number of phenolic OH excluding ortho intramolecular Hbond substituents is 1. The average Bonchev–Trinajstić information content (AvgIpc) is 3.26. The minimum atomic E-state index is -0.767. The lowest BCUT2D eigenvalue weighted by atomic mass is 9.59. The first-order valence-corrected chi connectivity index (χ1v) is 15.1. The van der Waals surface area contributed by atoms with Gasteiger partial charge in [0.2, 0.25) is 11.8 Å². The maximum absolute atomic E-state index is 14.1. The van der Waals surface area contributed by atoms with Crippen molar-refractivity contribution in [2.75, 3.05) is 36.1 Å². The summed E-state index contributed by atoms with van der Waals surface area (Å²) in [7, 11) is 0. The van der Waals surface area contributed by atoms with Gasteiger partial charge in [-0.15, -0.1) is 0 Å². The topological polar surface area (TPSA) is 104 Å². The number of hydrogen-bond donors (Lipinski definition) is 1. The minimum absolute atomic E-state index is 0.0652. The molecular formula is C32H26BrClN2O6. The molecule has 214 valence electrons. The number of benzene rings is 2. The van der Waals surface area contributed by atoms with Crippen molar-refractivity contribution < 1.29 is 29.0 Å². The number of allylic oxidation sites excluding steroid dienone is 6. The van der Waals surface area contributed by atoms with Gasteiger partial charge in [0.25, 0.3) is 0 Å². The molecule has 4 atom stereocenters. The number of fused-ring (bicyclic) bond motifs is 3. The second-order valence-electron chi connectivity index (χ2n) is 11.2. The first-order valence-electron chi connectivity index (χ1n) is 13.9. The molecule has 0 radical (unpaired) electrons. The second-order valence-corrected chi connectivity index (χ2v) is 12.5. The normalized spacial score (nSPS) is 27.5. The molecule has 0 unspecified atom stereocenters. The first kappa shape index (κ1) is 27.3. The van der Waals surface area contributed by atoms with Crippen molar-refractivity contribution in [1.29, 1.82) is 0 Å². The van der Waals surface area contributed by atoms with Crippen LogP contribution in [0.5, 0.6) is 5.75 Å². The fraction of sp³-hybridized carbons (Fsp3) is 0.312. The van der Waals surface area contributed by atoms with Gasteiger partial charge >= 0.3 is 0 Å². The van der Waals surface area contributed by atoms with Crippen LogP contribution in [-0.4, -0.2) is 54.8 Å². The van der Waals surface area contributed by atoms with Crippen LogP contribution >= 0.6 is 27.5 Å². The molecule has 0 bridgehead atoms. The Morgan fingerprint density at radius 3 is 2.38 bits per heavy atom. The van der Waals surface area contributed by atoms with Gasteiger partial charge in [0, 0.05) is 52.5 Å². The van der Waals surface area contributed by atoms with Gasteiger partial charge in [-0.1, -0.05) is 23.3 Å². The number of amides is 2. The fourth-order valence-electron chi connectivity index (χ4n) is 7.21. The van der Waals surface area contributed by atoms with Gasteiger partial charge in [0.15, 0.2) is 11.6 Å². The van der Waals surface area contributed by atoms with E-state index in [2.05, 4.69) is 20.8 Å². The summed E-state index contributed by atoms with van der Waals surface area (Å²) in [5.74, 6) is -3.88. The van der Waals surface area contributed by atoms with Crippen LogP contribution in [0.15, 0.2) is 75.8 Å². The van der Waals surface area contributed by atoms with E-state index in [0.29, 0.717) is 41.5 Å². The molecule has 2 amide bonds. The molecule has 8 nitrogen and oxygen atoms in total. The maximum Gasteiger partial charge on any atom is 0.238 e. The number of rotatable bonds is 3. The predicted octanol–water partition coefficient (Wildman–Crippen LogP) is 4.85. The highest BCUT2D eigenvalue weighted by Crippen LogP contribution is 2.56. The molecule has 2 aromatic carbocycles. The van der Waals surface area contributed by atoms with Gasteiger partial charge in [-0.3, -0.25) is 24.1 Å². The van der Waals surface area contributed by atoms with Gasteiger partial charge in [-0.05, 0) is 77.2 Å². The maximum atomic E-state index is 14.1. The summed E-state index contributed by atoms with van der Waals surface area (Å²) in [5.41, 5.74) is 3.24. The summed E-state index contributed by atoms with van der Waals surface area (Å²) in [6.07, 6.45) is 3.64. The number of nitrogens with zero attached hydrogens (tertiary/aromatic N) is 2. The quantitative estimate of drug-likeness (QED) is 0.288. The van der Waals surface area contributed by atoms with E-state index >= 15 is 0 Å². The van der Waals surface area contributed by atoms with Crippen molar-refractivity contribution >= 4 is 62.3 Å². The number of morpholine rings is 1. The van der Waals surface area contributed by atoms with E-state index in [-0.39, 0.29) is 45.6 Å². The predicted molar refractivity (Wildman–Crippen MR) is 160 cm³/mol. The lowest BCUT2D eigenvalue weighted by Crippen LogP contribution is -2.39. The number of hydrogen-bond acceptors (Lipinski definition) is 7. The zero-order valence-electron chi connectivity index (χ0n) is 22.4. The number of anilines is 2. The second kappa shape index (κ2) is 10.3. The summed E-state index contributed by atoms with van der Waals surface area (Å²) in [6.45, 7) is 2.85. The highest BCUT2D eigenvalue weighted by atomic mass is 79.9. The molecule has 42 heavy (non-hydrogen) atoms. The number of halogens is 2. The zero-order chi connectivity index (χ0) is 29.3.